The van der Waals surface area contributed by atoms with Crippen LogP contribution in [0.5, 0.6) is 11.5 Å². The molecule has 1 unspecified atom stereocenters. The van der Waals surface area contributed by atoms with Crippen molar-refractivity contribution in [2.45, 2.75) is 83.8 Å². The van der Waals surface area contributed by atoms with Crippen molar-refractivity contribution in [3.63, 3.8) is 0 Å². The zero-order chi connectivity index (χ0) is 29.8. The van der Waals surface area contributed by atoms with Crippen LogP contribution in [0.3, 0.4) is 0 Å². The van der Waals surface area contributed by atoms with E-state index in [9.17, 15) is 18.0 Å². The lowest BCUT2D eigenvalue weighted by atomic mass is 9.95. The molecule has 0 spiro atoms. The van der Waals surface area contributed by atoms with E-state index in [1.165, 1.54) is 10.7 Å². The monoisotopic (exact) mass is 587 g/mol. The third kappa shape index (κ3) is 9.38. The fourth-order valence-electron chi connectivity index (χ4n) is 5.35. The number of ether oxygens (including phenoxy) is 2. The van der Waals surface area contributed by atoms with Gasteiger partial charge in [0.05, 0.1) is 25.7 Å². The predicted molar refractivity (Wildman–Crippen MR) is 162 cm³/mol. The second-order valence-electron chi connectivity index (χ2n) is 10.5. The summed E-state index contributed by atoms with van der Waals surface area (Å²) in [6.07, 6.45) is 7.26. The van der Waals surface area contributed by atoms with Gasteiger partial charge >= 0.3 is 0 Å². The Morgan fingerprint density at radius 3 is 2.44 bits per heavy atom. The van der Waals surface area contributed by atoms with E-state index in [0.717, 1.165) is 37.5 Å². The van der Waals surface area contributed by atoms with E-state index in [4.69, 9.17) is 9.47 Å². The number of para-hydroxylation sites is 2. The van der Waals surface area contributed by atoms with Gasteiger partial charge < -0.3 is 19.7 Å². The van der Waals surface area contributed by atoms with E-state index < -0.39 is 16.1 Å². The number of methoxy groups -OCH3 is 1. The van der Waals surface area contributed by atoms with Crippen LogP contribution >= 0.6 is 0 Å². The summed E-state index contributed by atoms with van der Waals surface area (Å²) in [5, 5.41) is 3.19. The van der Waals surface area contributed by atoms with Gasteiger partial charge in [-0.2, -0.15) is 0 Å². The fraction of sp³-hybridized carbons (Fsp3) is 0.548. The van der Waals surface area contributed by atoms with Crippen molar-refractivity contribution >= 4 is 27.5 Å². The molecule has 2 amide bonds. The lowest BCUT2D eigenvalue weighted by Crippen LogP contribution is -2.51. The largest absolute Gasteiger partial charge is 0.497 e. The zero-order valence-corrected chi connectivity index (χ0v) is 25.6. The van der Waals surface area contributed by atoms with Crippen LogP contribution in [0.2, 0.25) is 0 Å². The SMILES string of the molecule is CCOc1ccccc1N(CCCC(=O)N(Cc1cccc(OC)c1)C(CC)C(=O)NC1CCCCC1)S(C)(=O)=O. The number of benzene rings is 2. The molecule has 41 heavy (non-hydrogen) atoms. The number of hydrogen-bond acceptors (Lipinski definition) is 6. The van der Waals surface area contributed by atoms with Crippen LogP contribution < -0.4 is 19.1 Å². The van der Waals surface area contributed by atoms with Crippen LogP contribution in [0.4, 0.5) is 5.69 Å². The molecule has 1 atom stereocenters. The number of amides is 2. The van der Waals surface area contributed by atoms with Crippen LogP contribution in [0.25, 0.3) is 0 Å². The summed E-state index contributed by atoms with van der Waals surface area (Å²) < 4.78 is 37.8. The molecule has 0 saturated heterocycles. The van der Waals surface area contributed by atoms with Gasteiger partial charge in [0.1, 0.15) is 17.5 Å². The summed E-state index contributed by atoms with van der Waals surface area (Å²) in [5.41, 5.74) is 1.29. The first-order valence-corrected chi connectivity index (χ1v) is 16.4. The minimum absolute atomic E-state index is 0.0833. The topological polar surface area (TPSA) is 105 Å². The Morgan fingerprint density at radius 2 is 1.78 bits per heavy atom. The standard InChI is InChI=1S/C31H45N3O6S/c1-5-27(31(36)32-25-15-8-7-9-16-25)33(23-24-14-12-17-26(22-24)39-3)30(35)20-13-21-34(41(4,37)38)28-18-10-11-19-29(28)40-6-2/h10-12,14,17-19,22,25,27H,5-9,13,15-16,20-21,23H2,1-4H3,(H,32,36). The normalized spacial score (nSPS) is 14.6. The highest BCUT2D eigenvalue weighted by Crippen LogP contribution is 2.30. The van der Waals surface area contributed by atoms with E-state index in [2.05, 4.69) is 5.32 Å². The van der Waals surface area contributed by atoms with Crippen molar-refractivity contribution < 1.29 is 27.5 Å². The first-order valence-electron chi connectivity index (χ1n) is 14.6. The number of carbonyl (C=O) groups is 2. The maximum atomic E-state index is 13.8. The third-order valence-electron chi connectivity index (χ3n) is 7.41. The van der Waals surface area contributed by atoms with Crippen molar-refractivity contribution in [2.24, 2.45) is 0 Å². The van der Waals surface area contributed by atoms with Crippen LogP contribution in [0.15, 0.2) is 48.5 Å². The summed E-state index contributed by atoms with van der Waals surface area (Å²) in [6.45, 7) is 4.49. The van der Waals surface area contributed by atoms with Crippen molar-refractivity contribution in [3.05, 3.63) is 54.1 Å². The molecule has 1 saturated carbocycles. The summed E-state index contributed by atoms with van der Waals surface area (Å²) >= 11 is 0. The van der Waals surface area contributed by atoms with E-state index in [1.807, 2.05) is 38.1 Å². The molecule has 3 rings (SSSR count). The minimum atomic E-state index is -3.63. The smallest absolute Gasteiger partial charge is 0.243 e. The molecule has 226 valence electrons. The Labute approximate surface area is 245 Å². The second-order valence-corrected chi connectivity index (χ2v) is 12.4. The molecule has 2 aromatic rings. The van der Waals surface area contributed by atoms with E-state index in [0.29, 0.717) is 30.2 Å². The van der Waals surface area contributed by atoms with Crippen molar-refractivity contribution in [3.8, 4) is 11.5 Å². The lowest BCUT2D eigenvalue weighted by molar-refractivity contribution is -0.141. The minimum Gasteiger partial charge on any atom is -0.497 e. The van der Waals surface area contributed by atoms with Crippen LogP contribution in [0.1, 0.15) is 70.8 Å². The lowest BCUT2D eigenvalue weighted by Gasteiger charge is -2.33. The van der Waals surface area contributed by atoms with Crippen LogP contribution in [-0.2, 0) is 26.2 Å². The van der Waals surface area contributed by atoms with Crippen molar-refractivity contribution in [1.82, 2.24) is 10.2 Å². The maximum Gasteiger partial charge on any atom is 0.243 e. The quantitative estimate of drug-likeness (QED) is 0.318. The number of nitrogens with zero attached hydrogens (tertiary/aromatic N) is 2. The first kappa shape index (κ1) is 32.2. The predicted octanol–water partition coefficient (Wildman–Crippen LogP) is 4.90. The average Bonchev–Trinajstić information content (AvgIpc) is 2.96. The molecule has 0 aliphatic heterocycles. The molecular weight excluding hydrogens is 542 g/mol. The summed E-state index contributed by atoms with van der Waals surface area (Å²) in [7, 11) is -2.04. The summed E-state index contributed by atoms with van der Waals surface area (Å²) in [4.78, 5) is 28.9. The Kier molecular flexibility index (Phi) is 12.3. The van der Waals surface area contributed by atoms with Gasteiger partial charge in [0, 0.05) is 25.6 Å². The summed E-state index contributed by atoms with van der Waals surface area (Å²) in [5.74, 6) is 0.798. The maximum absolute atomic E-state index is 13.8. The number of anilines is 1. The number of carbonyl (C=O) groups excluding carboxylic acids is 2. The average molecular weight is 588 g/mol. The van der Waals surface area contributed by atoms with E-state index in [1.54, 1.807) is 36.3 Å². The first-order chi connectivity index (χ1) is 19.7. The number of sulfonamides is 1. The van der Waals surface area contributed by atoms with Gasteiger partial charge in [-0.05, 0) is 62.4 Å². The highest BCUT2D eigenvalue weighted by molar-refractivity contribution is 7.92. The third-order valence-corrected chi connectivity index (χ3v) is 8.59. The van der Waals surface area contributed by atoms with E-state index in [-0.39, 0.29) is 43.8 Å². The molecule has 0 aromatic heterocycles. The van der Waals surface area contributed by atoms with Crippen molar-refractivity contribution in [1.29, 1.82) is 0 Å². The number of nitrogens with one attached hydrogen (secondary N) is 1. The highest BCUT2D eigenvalue weighted by Gasteiger charge is 2.30. The van der Waals surface area contributed by atoms with E-state index >= 15 is 0 Å². The molecule has 0 radical (unpaired) electrons. The van der Waals surface area contributed by atoms with Gasteiger partial charge in [0.15, 0.2) is 0 Å². The molecule has 1 fully saturated rings. The number of hydrogen-bond donors (Lipinski definition) is 1. The molecule has 0 bridgehead atoms. The Morgan fingerprint density at radius 1 is 1.05 bits per heavy atom. The van der Waals surface area contributed by atoms with Gasteiger partial charge in [-0.1, -0.05) is 50.5 Å². The molecule has 10 heteroatoms. The van der Waals surface area contributed by atoms with Crippen LogP contribution in [-0.4, -0.2) is 63.7 Å². The Bertz CT molecular complexity index is 1250. The number of rotatable bonds is 15. The fourth-order valence-corrected chi connectivity index (χ4v) is 6.32. The van der Waals surface area contributed by atoms with Crippen LogP contribution in [0, 0.1) is 0 Å². The second kappa shape index (κ2) is 15.7. The van der Waals surface area contributed by atoms with Gasteiger partial charge in [-0.15, -0.1) is 0 Å². The molecule has 1 N–H and O–H groups in total. The van der Waals surface area contributed by atoms with Gasteiger partial charge in [0.2, 0.25) is 21.8 Å². The molecule has 1 aliphatic carbocycles. The molecule has 2 aromatic carbocycles. The van der Waals surface area contributed by atoms with Gasteiger partial charge in [-0.25, -0.2) is 8.42 Å². The molecule has 0 heterocycles. The molecule has 1 aliphatic rings. The van der Waals surface area contributed by atoms with Gasteiger partial charge in [-0.3, -0.25) is 13.9 Å². The highest BCUT2D eigenvalue weighted by atomic mass is 32.2. The van der Waals surface area contributed by atoms with Crippen molar-refractivity contribution in [2.75, 3.05) is 30.8 Å². The van der Waals surface area contributed by atoms with Gasteiger partial charge in [0.25, 0.3) is 0 Å². The molecule has 9 nitrogen and oxygen atoms in total. The Hall–Kier alpha value is -3.27. The Balaban J connectivity index is 1.79. The summed E-state index contributed by atoms with van der Waals surface area (Å²) in [6, 6.07) is 13.9. The zero-order valence-electron chi connectivity index (χ0n) is 24.8. The molecular formula is C31H45N3O6S.